The quantitative estimate of drug-likeness (QED) is 0.0512. The van der Waals surface area contributed by atoms with Crippen molar-refractivity contribution in [2.75, 3.05) is 21.3 Å². The minimum absolute atomic E-state index is 0. The van der Waals surface area contributed by atoms with Crippen LogP contribution in [0.25, 0.3) is 0 Å². The molecule has 25 nitrogen and oxygen atoms in total. The van der Waals surface area contributed by atoms with E-state index in [4.69, 9.17) is 38.0 Å². The fourth-order valence-electron chi connectivity index (χ4n) is 8.68. The van der Waals surface area contributed by atoms with Gasteiger partial charge < -0.3 is 76.6 Å². The van der Waals surface area contributed by atoms with Crippen LogP contribution in [0.5, 0.6) is 0 Å². The average Bonchev–Trinajstić information content (AvgIpc) is 4.09. The molecular formula is C44H77ClN6O19S4. The lowest BCUT2D eigenvalue weighted by atomic mass is 10.1. The molecule has 0 spiro atoms. The van der Waals surface area contributed by atoms with Crippen molar-refractivity contribution in [1.29, 1.82) is 0 Å². The number of carbonyl (C=O) groups excluding carboxylic acids is 8. The highest BCUT2D eigenvalue weighted by Crippen LogP contribution is 2.30. The molecule has 0 heterocycles. The number of hydrogen-bond donors (Lipinski definition) is 13. The number of nitrogens with one attached hydrogen (secondary N) is 5. The molecule has 0 aromatic carbocycles. The Morgan fingerprint density at radius 2 is 0.824 bits per heavy atom. The van der Waals surface area contributed by atoms with Crippen molar-refractivity contribution in [3.63, 3.8) is 0 Å². The first-order valence-electron chi connectivity index (χ1n) is 23.3. The van der Waals surface area contributed by atoms with Gasteiger partial charge in [-0.1, -0.05) is 11.7 Å². The molecule has 428 valence electrons. The van der Waals surface area contributed by atoms with Crippen molar-refractivity contribution >= 4 is 106 Å². The SMILES string of the molecule is CC(=O)NC1CC(C(=O)NS(=S)(=S)S)CC1O.CC(=O)NC1CC(C(=O)O)CC1O.COC(=O)C1CC(N)C(O)C1.COC(=O)C1CC(O)C(NC(=O)OC(C)(C)C)C1.COC(=O)C1CC(O)C(NC(C)=O)C1.Cl. The number of carboxylic acid groups (broad SMARTS) is 1. The summed E-state index contributed by atoms with van der Waals surface area (Å²) < 4.78 is 21.3. The lowest BCUT2D eigenvalue weighted by Crippen LogP contribution is -2.42. The summed E-state index contributed by atoms with van der Waals surface area (Å²) in [5, 5.41) is 66.5. The largest absolute Gasteiger partial charge is 0.481 e. The van der Waals surface area contributed by atoms with E-state index in [0.717, 1.165) is 0 Å². The maximum atomic E-state index is 11.7. The van der Waals surface area contributed by atoms with Crippen LogP contribution >= 0.6 is 24.1 Å². The molecule has 0 radical (unpaired) electrons. The van der Waals surface area contributed by atoms with E-state index < -0.39 is 72.5 Å². The number of esters is 3. The van der Waals surface area contributed by atoms with E-state index in [2.05, 4.69) is 51.9 Å². The predicted molar refractivity (Wildman–Crippen MR) is 278 cm³/mol. The summed E-state index contributed by atoms with van der Waals surface area (Å²) in [5.74, 6) is -4.61. The Balaban J connectivity index is 0.000000906. The second kappa shape index (κ2) is 32.7. The zero-order valence-electron chi connectivity index (χ0n) is 42.9. The number of thiol groups is 1. The molecule has 5 rings (SSSR count). The van der Waals surface area contributed by atoms with Crippen LogP contribution in [0, 0.1) is 29.6 Å². The molecule has 0 saturated heterocycles. The number of halogens is 1. The number of alkyl carbamates (subject to hydrolysis) is 1. The zero-order valence-corrected chi connectivity index (χ0v) is 47.0. The molecule has 13 N–H and O–H groups in total. The standard InChI is InChI=1S/C12H21NO5.C9H15NO4.C8H14N2O3S4.C8H13NO4.C7H13NO3.ClH/c1-12(2,3)18-11(16)13-8-5-7(6-9(8)14)10(15)17-4;1-5(11)10-7-3-6(4-8(7)12)9(13)14-2;1-4(11)9-6-2-5(3-7(6)12)8(13)10-17(14,15)16;1-4(10)9-6-2-5(8(12)13)3-7(6)11;1-11-7(10)4-2-5(8)6(9)3-4;/h7-9,14H,5-6H2,1-4H3,(H,13,16);6-8,12H,3-4H2,1-2H3,(H,10,11);5-7,12H,2-3H2,1H3,(H,9,11)(H,10,13)(H,14,15,16);5-7,11H,2-3H2,1H3,(H,9,10)(H,12,13);4-6,9H,2-3,8H2,1H3;1H. The summed E-state index contributed by atoms with van der Waals surface area (Å²) in [6.07, 6.45) is -2.52. The van der Waals surface area contributed by atoms with E-state index in [1.807, 2.05) is 0 Å². The monoisotopic (exact) mass is 1160 g/mol. The minimum atomic E-state index is -2.23. The molecule has 5 saturated carbocycles. The highest BCUT2D eigenvalue weighted by atomic mass is 35.5. The summed E-state index contributed by atoms with van der Waals surface area (Å²) in [6, 6.07) is -1.85. The van der Waals surface area contributed by atoms with Crippen LogP contribution < -0.4 is 31.7 Å². The minimum Gasteiger partial charge on any atom is -0.481 e. The molecule has 5 fully saturated rings. The van der Waals surface area contributed by atoms with Crippen molar-refractivity contribution in [3.05, 3.63) is 0 Å². The van der Waals surface area contributed by atoms with Gasteiger partial charge in [-0.3, -0.25) is 43.1 Å². The molecule has 5 aliphatic rings. The molecule has 30 heteroatoms. The van der Waals surface area contributed by atoms with E-state index in [9.17, 15) is 68.7 Å². The Labute approximate surface area is 451 Å². The average molecular weight is 1160 g/mol. The number of aliphatic hydroxyl groups excluding tert-OH is 5. The number of rotatable bonds is 10. The van der Waals surface area contributed by atoms with Crippen molar-refractivity contribution in [2.24, 2.45) is 35.3 Å². The number of ether oxygens (including phenoxy) is 4. The van der Waals surface area contributed by atoms with Gasteiger partial charge in [0, 0.05) is 39.1 Å². The van der Waals surface area contributed by atoms with Crippen molar-refractivity contribution < 1.29 is 92.7 Å². The molecule has 0 aliphatic heterocycles. The van der Waals surface area contributed by atoms with Gasteiger partial charge in [0.05, 0.1) is 99.7 Å². The van der Waals surface area contributed by atoms with Gasteiger partial charge in [-0.15, -0.1) is 12.4 Å². The Bertz CT molecular complexity index is 2010. The van der Waals surface area contributed by atoms with Crippen LogP contribution in [0.1, 0.15) is 106 Å². The van der Waals surface area contributed by atoms with E-state index >= 15 is 0 Å². The smallest absolute Gasteiger partial charge is 0.407 e. The van der Waals surface area contributed by atoms with Crippen LogP contribution in [-0.4, -0.2) is 172 Å². The Morgan fingerprint density at radius 1 is 0.527 bits per heavy atom. The van der Waals surface area contributed by atoms with Crippen LogP contribution in [-0.2, 0) is 86.0 Å². The van der Waals surface area contributed by atoms with E-state index in [1.165, 1.54) is 42.1 Å². The number of carbonyl (C=O) groups is 9. The van der Waals surface area contributed by atoms with Crippen molar-refractivity contribution in [2.45, 2.75) is 172 Å². The molecule has 5 amide bonds. The Kier molecular flexibility index (Phi) is 31.1. The van der Waals surface area contributed by atoms with Crippen LogP contribution in [0.4, 0.5) is 4.79 Å². The summed E-state index contributed by atoms with van der Waals surface area (Å²) >= 11 is 13.6. The Morgan fingerprint density at radius 3 is 1.11 bits per heavy atom. The molecule has 74 heavy (non-hydrogen) atoms. The van der Waals surface area contributed by atoms with Gasteiger partial charge in [0.25, 0.3) is 0 Å². The van der Waals surface area contributed by atoms with Crippen molar-refractivity contribution in [1.82, 2.24) is 26.0 Å². The summed E-state index contributed by atoms with van der Waals surface area (Å²) in [4.78, 5) is 99.5. The third-order valence-electron chi connectivity index (χ3n) is 12.1. The predicted octanol–water partition coefficient (Wildman–Crippen LogP) is -1.50. The van der Waals surface area contributed by atoms with Crippen molar-refractivity contribution in [3.8, 4) is 0 Å². The number of methoxy groups -OCH3 is 3. The number of nitrogens with two attached hydrogens (primary N) is 1. The fraction of sp³-hybridized carbons (Fsp3) is 0.795. The van der Waals surface area contributed by atoms with Gasteiger partial charge in [0.1, 0.15) is 5.60 Å². The molecule has 15 atom stereocenters. The molecule has 15 unspecified atom stereocenters. The number of hydrogen-bond acceptors (Lipinski definition) is 21. The highest BCUT2D eigenvalue weighted by Gasteiger charge is 2.41. The van der Waals surface area contributed by atoms with Gasteiger partial charge in [-0.05, 0) is 107 Å². The number of aliphatic hydroxyl groups is 5. The number of aliphatic carboxylic acids is 1. The molecule has 5 aliphatic carbocycles. The second-order valence-electron chi connectivity index (χ2n) is 19.4. The highest BCUT2D eigenvalue weighted by molar-refractivity contribution is 8.92. The van der Waals surface area contributed by atoms with Crippen LogP contribution in [0.15, 0.2) is 0 Å². The molecule has 0 aromatic rings. The van der Waals surface area contributed by atoms with Crippen LogP contribution in [0.3, 0.4) is 0 Å². The second-order valence-corrected chi connectivity index (χ2v) is 27.3. The van der Waals surface area contributed by atoms with Gasteiger partial charge in [0.2, 0.25) is 23.6 Å². The van der Waals surface area contributed by atoms with Gasteiger partial charge >= 0.3 is 30.0 Å². The van der Waals surface area contributed by atoms with Gasteiger partial charge in [0.15, 0.2) is 0 Å². The fourth-order valence-corrected chi connectivity index (χ4v) is 9.86. The van der Waals surface area contributed by atoms with Crippen LogP contribution in [0.2, 0.25) is 0 Å². The van der Waals surface area contributed by atoms with Gasteiger partial charge in [-0.25, -0.2) is 4.79 Å². The first-order valence-corrected chi connectivity index (χ1v) is 27.9. The molecule has 0 bridgehead atoms. The lowest BCUT2D eigenvalue weighted by molar-refractivity contribution is -0.146. The Hall–Kier alpha value is -3.78. The third kappa shape index (κ3) is 26.3. The molecular weight excluding hydrogens is 1080 g/mol. The summed E-state index contributed by atoms with van der Waals surface area (Å²) in [7, 11) is 3.97. The molecule has 0 aromatic heterocycles. The topological polar surface area (TPSA) is 398 Å². The van der Waals surface area contributed by atoms with E-state index in [0.29, 0.717) is 57.8 Å². The normalized spacial score (nSPS) is 30.6. The van der Waals surface area contributed by atoms with Gasteiger partial charge in [-0.2, -0.15) is 0 Å². The lowest BCUT2D eigenvalue weighted by Gasteiger charge is -2.22. The maximum absolute atomic E-state index is 11.7. The summed E-state index contributed by atoms with van der Waals surface area (Å²) in [5.41, 5.74) is 4.92. The maximum Gasteiger partial charge on any atom is 0.407 e. The summed E-state index contributed by atoms with van der Waals surface area (Å²) in [6.45, 7) is 9.38. The number of amides is 5. The van der Waals surface area contributed by atoms with E-state index in [-0.39, 0.29) is 102 Å². The zero-order chi connectivity index (χ0) is 56.3. The first kappa shape index (κ1) is 70.2. The first-order chi connectivity index (χ1) is 33.6. The third-order valence-corrected chi connectivity index (χ3v) is 13.3. The number of carboxylic acids is 1. The van der Waals surface area contributed by atoms with E-state index in [1.54, 1.807) is 20.8 Å².